The van der Waals surface area contributed by atoms with Crippen molar-refractivity contribution < 1.29 is 9.53 Å². The number of piperidine rings is 1. The number of aromatic nitrogens is 2. The molecule has 1 amide bonds. The van der Waals surface area contributed by atoms with E-state index >= 15 is 0 Å². The molecule has 0 unspecified atom stereocenters. The summed E-state index contributed by atoms with van der Waals surface area (Å²) in [5.41, 5.74) is 4.95. The van der Waals surface area contributed by atoms with E-state index in [-0.39, 0.29) is 30.5 Å². The standard InChI is InChI=1S/C33H37N7O2/c1-3-30(41)40-17-16-38(19-24(40)10-13-34)32-27-20-39(29-18-23-8-4-6-22-7-5-9-26(29)31(22)23)21-28(27)35-33(36-32)42-25-11-14-37(2)15-12-25/h3-9,24-25,29H,1,10-12,14-21H2,2H3/t24-,29+/m0/s1. The Hall–Kier alpha value is -4.00. The molecule has 42 heavy (non-hydrogen) atoms. The van der Waals surface area contributed by atoms with Crippen molar-refractivity contribution in [2.45, 2.75) is 57.0 Å². The summed E-state index contributed by atoms with van der Waals surface area (Å²) >= 11 is 0. The van der Waals surface area contributed by atoms with E-state index in [1.165, 1.54) is 28.0 Å². The van der Waals surface area contributed by atoms with E-state index < -0.39 is 0 Å². The van der Waals surface area contributed by atoms with Gasteiger partial charge < -0.3 is 19.4 Å². The van der Waals surface area contributed by atoms with Crippen LogP contribution >= 0.6 is 0 Å². The molecule has 9 nitrogen and oxygen atoms in total. The first kappa shape index (κ1) is 26.9. The highest BCUT2D eigenvalue weighted by Crippen LogP contribution is 2.44. The number of ether oxygens (including phenoxy) is 1. The third-order valence-electron chi connectivity index (χ3n) is 9.51. The maximum Gasteiger partial charge on any atom is 0.318 e. The summed E-state index contributed by atoms with van der Waals surface area (Å²) in [5, 5.41) is 12.2. The Morgan fingerprint density at radius 3 is 2.71 bits per heavy atom. The molecule has 9 heteroatoms. The van der Waals surface area contributed by atoms with Crippen LogP contribution < -0.4 is 9.64 Å². The Morgan fingerprint density at radius 1 is 1.12 bits per heavy atom. The SMILES string of the molecule is C=CC(=O)N1CCN(c2nc(OC3CCN(C)CC3)nc3c2CN([C@@H]2Cc4cccc5cccc2c45)C3)C[C@@H]1CC#N. The Morgan fingerprint density at radius 2 is 1.93 bits per heavy atom. The van der Waals surface area contributed by atoms with Crippen molar-refractivity contribution in [3.8, 4) is 12.1 Å². The summed E-state index contributed by atoms with van der Waals surface area (Å²) in [7, 11) is 2.14. The lowest BCUT2D eigenvalue weighted by Crippen LogP contribution is -2.55. The zero-order valence-electron chi connectivity index (χ0n) is 24.2. The number of hydrogen-bond acceptors (Lipinski definition) is 8. The number of hydrogen-bond donors (Lipinski definition) is 0. The van der Waals surface area contributed by atoms with Crippen LogP contribution in [-0.4, -0.2) is 82.5 Å². The minimum absolute atomic E-state index is 0.0972. The zero-order chi connectivity index (χ0) is 28.8. The zero-order valence-corrected chi connectivity index (χ0v) is 24.2. The molecule has 7 rings (SSSR count). The van der Waals surface area contributed by atoms with E-state index in [9.17, 15) is 10.1 Å². The van der Waals surface area contributed by atoms with Gasteiger partial charge in [-0.05, 0) is 54.3 Å². The highest BCUT2D eigenvalue weighted by molar-refractivity contribution is 5.91. The highest BCUT2D eigenvalue weighted by Gasteiger charge is 2.38. The number of rotatable bonds is 6. The molecule has 0 bridgehead atoms. The normalized spacial score (nSPS) is 22.8. The van der Waals surface area contributed by atoms with Crippen molar-refractivity contribution in [3.63, 3.8) is 0 Å². The fourth-order valence-electron chi connectivity index (χ4n) is 7.30. The Labute approximate surface area is 247 Å². The molecule has 4 heterocycles. The third-order valence-corrected chi connectivity index (χ3v) is 9.51. The van der Waals surface area contributed by atoms with E-state index in [2.05, 4.69) is 70.8 Å². The van der Waals surface area contributed by atoms with Gasteiger partial charge in [-0.25, -0.2) is 0 Å². The van der Waals surface area contributed by atoms with Gasteiger partial charge in [-0.2, -0.15) is 15.2 Å². The number of carbonyl (C=O) groups is 1. The Balaban J connectivity index is 1.21. The molecule has 4 aliphatic rings. The molecule has 0 N–H and O–H groups in total. The predicted molar refractivity (Wildman–Crippen MR) is 161 cm³/mol. The average molecular weight is 564 g/mol. The van der Waals surface area contributed by atoms with Crippen molar-refractivity contribution in [1.82, 2.24) is 24.7 Å². The highest BCUT2D eigenvalue weighted by atomic mass is 16.5. The van der Waals surface area contributed by atoms with E-state index in [1.54, 1.807) is 4.90 Å². The number of piperazine rings is 1. The summed E-state index contributed by atoms with van der Waals surface area (Å²) in [6, 6.07) is 16.0. The van der Waals surface area contributed by atoms with Gasteiger partial charge in [0.1, 0.15) is 11.9 Å². The number of carbonyl (C=O) groups excluding carboxylic acids is 1. The molecular formula is C33H37N7O2. The van der Waals surface area contributed by atoms with Crippen LogP contribution in [0.1, 0.15) is 47.7 Å². The van der Waals surface area contributed by atoms with E-state index in [0.717, 1.165) is 62.5 Å². The summed E-state index contributed by atoms with van der Waals surface area (Å²) in [6.07, 6.45) is 4.59. The monoisotopic (exact) mass is 563 g/mol. The van der Waals surface area contributed by atoms with Crippen LogP contribution in [0.25, 0.3) is 10.8 Å². The Bertz CT molecular complexity index is 1570. The van der Waals surface area contributed by atoms with Gasteiger partial charge in [-0.1, -0.05) is 43.0 Å². The van der Waals surface area contributed by atoms with Crippen LogP contribution in [0.3, 0.4) is 0 Å². The average Bonchev–Trinajstić information content (AvgIpc) is 3.61. The first-order chi connectivity index (χ1) is 20.5. The van der Waals surface area contributed by atoms with Gasteiger partial charge in [0.15, 0.2) is 0 Å². The van der Waals surface area contributed by atoms with Crippen LogP contribution in [0.5, 0.6) is 6.01 Å². The molecule has 3 aromatic rings. The van der Waals surface area contributed by atoms with Gasteiger partial charge in [0.25, 0.3) is 0 Å². The lowest BCUT2D eigenvalue weighted by Gasteiger charge is -2.41. The molecule has 0 saturated carbocycles. The van der Waals surface area contributed by atoms with Crippen LogP contribution in [0.15, 0.2) is 49.1 Å². The van der Waals surface area contributed by atoms with Crippen molar-refractivity contribution >= 4 is 22.5 Å². The van der Waals surface area contributed by atoms with Crippen molar-refractivity contribution in [2.75, 3.05) is 44.7 Å². The first-order valence-corrected chi connectivity index (χ1v) is 15.1. The second-order valence-corrected chi connectivity index (χ2v) is 12.1. The fraction of sp³-hybridized carbons (Fsp3) is 0.455. The van der Waals surface area contributed by atoms with Crippen LogP contribution in [0, 0.1) is 11.3 Å². The van der Waals surface area contributed by atoms with Gasteiger partial charge in [0.2, 0.25) is 5.91 Å². The van der Waals surface area contributed by atoms with E-state index in [0.29, 0.717) is 25.6 Å². The van der Waals surface area contributed by atoms with Crippen molar-refractivity contribution in [1.29, 1.82) is 5.26 Å². The second-order valence-electron chi connectivity index (χ2n) is 12.1. The van der Waals surface area contributed by atoms with Gasteiger partial charge in [0.05, 0.1) is 24.2 Å². The van der Waals surface area contributed by atoms with E-state index in [4.69, 9.17) is 14.7 Å². The fourth-order valence-corrected chi connectivity index (χ4v) is 7.30. The third kappa shape index (κ3) is 4.79. The summed E-state index contributed by atoms with van der Waals surface area (Å²) in [5.74, 6) is 0.753. The minimum Gasteiger partial charge on any atom is -0.460 e. The smallest absolute Gasteiger partial charge is 0.318 e. The summed E-state index contributed by atoms with van der Waals surface area (Å²) < 4.78 is 6.45. The number of fused-ring (bicyclic) bond motifs is 1. The van der Waals surface area contributed by atoms with E-state index in [1.807, 2.05) is 0 Å². The largest absolute Gasteiger partial charge is 0.460 e. The van der Waals surface area contributed by atoms with Gasteiger partial charge in [-0.3, -0.25) is 9.69 Å². The number of likely N-dealkylation sites (tertiary alicyclic amines) is 1. The summed E-state index contributed by atoms with van der Waals surface area (Å²) in [4.78, 5) is 31.5. The number of amides is 1. The molecule has 2 saturated heterocycles. The topological polar surface area (TPSA) is 88.8 Å². The van der Waals surface area contributed by atoms with Crippen molar-refractivity contribution in [3.05, 3.63) is 71.4 Å². The first-order valence-electron chi connectivity index (χ1n) is 15.1. The molecular weight excluding hydrogens is 526 g/mol. The lowest BCUT2D eigenvalue weighted by molar-refractivity contribution is -0.128. The molecule has 0 spiro atoms. The van der Waals surface area contributed by atoms with Crippen LogP contribution in [-0.2, 0) is 24.3 Å². The van der Waals surface area contributed by atoms with Crippen molar-refractivity contribution in [2.24, 2.45) is 0 Å². The summed E-state index contributed by atoms with van der Waals surface area (Å²) in [6.45, 7) is 8.85. The predicted octanol–water partition coefficient (Wildman–Crippen LogP) is 3.83. The molecule has 3 aliphatic heterocycles. The lowest BCUT2D eigenvalue weighted by atomic mass is 10.0. The molecule has 216 valence electrons. The second kappa shape index (κ2) is 11.0. The quantitative estimate of drug-likeness (QED) is 0.418. The van der Waals surface area contributed by atoms with Gasteiger partial charge >= 0.3 is 6.01 Å². The molecule has 0 radical (unpaired) electrons. The van der Waals surface area contributed by atoms with Crippen LogP contribution in [0.4, 0.5) is 5.82 Å². The van der Waals surface area contributed by atoms with Gasteiger partial charge in [0, 0.05) is 57.4 Å². The molecule has 1 aromatic heterocycles. The molecule has 1 aliphatic carbocycles. The van der Waals surface area contributed by atoms with Crippen LogP contribution in [0.2, 0.25) is 0 Å². The Kier molecular flexibility index (Phi) is 7.04. The van der Waals surface area contributed by atoms with Gasteiger partial charge in [-0.15, -0.1) is 0 Å². The number of nitrogens with zero attached hydrogens (tertiary/aromatic N) is 7. The minimum atomic E-state index is -0.224. The number of anilines is 1. The maximum atomic E-state index is 12.6. The molecule has 2 aromatic carbocycles. The number of nitriles is 1. The number of benzene rings is 2. The molecule has 2 atom stereocenters. The molecule has 2 fully saturated rings. The maximum absolute atomic E-state index is 12.6.